The summed E-state index contributed by atoms with van der Waals surface area (Å²) in [5, 5.41) is 15.2. The van der Waals surface area contributed by atoms with E-state index in [4.69, 9.17) is 15.5 Å². The van der Waals surface area contributed by atoms with Crippen molar-refractivity contribution < 1.29 is 9.84 Å². The fourth-order valence-corrected chi connectivity index (χ4v) is 3.76. The van der Waals surface area contributed by atoms with Gasteiger partial charge in [0.25, 0.3) is 0 Å². The first kappa shape index (κ1) is 22.0. The van der Waals surface area contributed by atoms with Gasteiger partial charge in [-0.15, -0.1) is 0 Å². The van der Waals surface area contributed by atoms with Crippen LogP contribution in [0, 0.1) is 0 Å². The van der Waals surface area contributed by atoms with Gasteiger partial charge < -0.3 is 25.5 Å². The molecule has 30 heavy (non-hydrogen) atoms. The van der Waals surface area contributed by atoms with Gasteiger partial charge in [-0.2, -0.15) is 0 Å². The van der Waals surface area contributed by atoms with Crippen LogP contribution >= 0.6 is 0 Å². The Bertz CT molecular complexity index is 991. The lowest BCUT2D eigenvalue weighted by Gasteiger charge is -2.13. The second-order valence-corrected chi connectivity index (χ2v) is 7.73. The fourth-order valence-electron chi connectivity index (χ4n) is 3.76. The minimum Gasteiger partial charge on any atom is -0.496 e. The SMILES string of the molecule is CCCCCNC1=c2/c(ccn2Cc2ccc(CO)cc2OC)=C\CCC/C(N)=N\1. The number of hydrogen-bond acceptors (Lipinski definition) is 5. The molecule has 162 valence electrons. The predicted molar refractivity (Wildman–Crippen MR) is 123 cm³/mol. The second-order valence-electron chi connectivity index (χ2n) is 7.73. The molecule has 0 saturated heterocycles. The van der Waals surface area contributed by atoms with Crippen molar-refractivity contribution in [3.63, 3.8) is 0 Å². The van der Waals surface area contributed by atoms with Crippen LogP contribution in [-0.4, -0.2) is 29.2 Å². The van der Waals surface area contributed by atoms with Crippen molar-refractivity contribution in [2.24, 2.45) is 10.7 Å². The number of aliphatic hydroxyl groups is 1. The van der Waals surface area contributed by atoms with Crippen LogP contribution in [0.2, 0.25) is 0 Å². The van der Waals surface area contributed by atoms with E-state index in [-0.39, 0.29) is 6.61 Å². The monoisotopic (exact) mass is 410 g/mol. The topological polar surface area (TPSA) is 84.8 Å². The van der Waals surface area contributed by atoms with Crippen LogP contribution in [0.5, 0.6) is 5.75 Å². The van der Waals surface area contributed by atoms with E-state index in [2.05, 4.69) is 35.1 Å². The first-order valence-electron chi connectivity index (χ1n) is 10.9. The van der Waals surface area contributed by atoms with Gasteiger partial charge in [0.15, 0.2) is 5.82 Å². The van der Waals surface area contributed by atoms with E-state index in [1.165, 1.54) is 18.1 Å². The number of nitrogens with zero attached hydrogens (tertiary/aromatic N) is 2. The molecule has 0 spiro atoms. The van der Waals surface area contributed by atoms with Crippen molar-refractivity contribution in [1.29, 1.82) is 0 Å². The molecule has 1 aliphatic heterocycles. The highest BCUT2D eigenvalue weighted by molar-refractivity contribution is 5.84. The summed E-state index contributed by atoms with van der Waals surface area (Å²) in [7, 11) is 1.66. The minimum atomic E-state index is -0.00187. The number of aliphatic hydroxyl groups excluding tert-OH is 1. The smallest absolute Gasteiger partial charge is 0.152 e. The third kappa shape index (κ3) is 5.45. The summed E-state index contributed by atoms with van der Waals surface area (Å²) in [6, 6.07) is 7.99. The number of nitrogens with one attached hydrogen (secondary N) is 1. The van der Waals surface area contributed by atoms with Crippen LogP contribution in [0.3, 0.4) is 0 Å². The molecule has 0 fully saturated rings. The Labute approximate surface area is 178 Å². The Balaban J connectivity index is 2.06. The van der Waals surface area contributed by atoms with Gasteiger partial charge in [0, 0.05) is 24.7 Å². The van der Waals surface area contributed by atoms with Crippen molar-refractivity contribution in [3.8, 4) is 5.75 Å². The maximum absolute atomic E-state index is 9.42. The molecule has 0 amide bonds. The van der Waals surface area contributed by atoms with Crippen LogP contribution < -0.4 is 26.4 Å². The lowest BCUT2D eigenvalue weighted by atomic mass is 10.1. The van der Waals surface area contributed by atoms with Gasteiger partial charge >= 0.3 is 0 Å². The highest BCUT2D eigenvalue weighted by Gasteiger charge is 2.10. The highest BCUT2D eigenvalue weighted by Crippen LogP contribution is 2.21. The van der Waals surface area contributed by atoms with Gasteiger partial charge in [-0.3, -0.25) is 0 Å². The summed E-state index contributed by atoms with van der Waals surface area (Å²) in [4.78, 5) is 4.77. The molecule has 1 aliphatic rings. The first-order valence-corrected chi connectivity index (χ1v) is 10.9. The molecular formula is C24H34N4O2. The molecule has 1 aromatic carbocycles. The van der Waals surface area contributed by atoms with Gasteiger partial charge in [0.2, 0.25) is 0 Å². The predicted octanol–water partition coefficient (Wildman–Crippen LogP) is 2.20. The van der Waals surface area contributed by atoms with Crippen LogP contribution in [-0.2, 0) is 13.2 Å². The van der Waals surface area contributed by atoms with Crippen molar-refractivity contribution in [3.05, 3.63) is 52.2 Å². The number of aliphatic imine (C=N–C) groups is 1. The Morgan fingerprint density at radius 3 is 2.90 bits per heavy atom. The molecule has 2 heterocycles. The number of hydrogen-bond donors (Lipinski definition) is 3. The molecule has 0 unspecified atom stereocenters. The lowest BCUT2D eigenvalue weighted by molar-refractivity contribution is 0.281. The molecule has 0 aliphatic carbocycles. The van der Waals surface area contributed by atoms with Gasteiger partial charge in [0.1, 0.15) is 11.6 Å². The molecular weight excluding hydrogens is 376 g/mol. The van der Waals surface area contributed by atoms with Gasteiger partial charge in [-0.1, -0.05) is 38.0 Å². The minimum absolute atomic E-state index is 0.00187. The summed E-state index contributed by atoms with van der Waals surface area (Å²) < 4.78 is 7.78. The number of benzene rings is 1. The number of rotatable bonds is 9. The van der Waals surface area contributed by atoms with Crippen LogP contribution in [0.4, 0.5) is 0 Å². The summed E-state index contributed by atoms with van der Waals surface area (Å²) in [6.45, 7) is 3.72. The molecule has 3 rings (SSSR count). The Morgan fingerprint density at radius 1 is 1.27 bits per heavy atom. The quantitative estimate of drug-likeness (QED) is 0.554. The maximum Gasteiger partial charge on any atom is 0.152 e. The zero-order chi connectivity index (χ0) is 21.3. The summed E-state index contributed by atoms with van der Waals surface area (Å²) in [5.41, 5.74) is 8.11. The molecule has 0 radical (unpaired) electrons. The van der Waals surface area contributed by atoms with Crippen LogP contribution in [0.1, 0.15) is 56.6 Å². The number of methoxy groups -OCH3 is 1. The van der Waals surface area contributed by atoms with E-state index in [0.29, 0.717) is 12.4 Å². The zero-order valence-electron chi connectivity index (χ0n) is 18.2. The molecule has 0 atom stereocenters. The number of nitrogens with two attached hydrogens (primary N) is 1. The summed E-state index contributed by atoms with van der Waals surface area (Å²) in [5.74, 6) is 2.29. The highest BCUT2D eigenvalue weighted by atomic mass is 16.5. The van der Waals surface area contributed by atoms with Crippen molar-refractivity contribution >= 4 is 17.7 Å². The van der Waals surface area contributed by atoms with Crippen molar-refractivity contribution in [2.45, 2.75) is 58.6 Å². The number of ether oxygens (including phenoxy) is 1. The number of aromatic nitrogens is 1. The van der Waals surface area contributed by atoms with E-state index in [1.807, 2.05) is 18.2 Å². The Morgan fingerprint density at radius 2 is 2.13 bits per heavy atom. The van der Waals surface area contributed by atoms with Crippen LogP contribution in [0.15, 0.2) is 35.5 Å². The third-order valence-corrected chi connectivity index (χ3v) is 5.42. The van der Waals surface area contributed by atoms with E-state index in [9.17, 15) is 5.11 Å². The van der Waals surface area contributed by atoms with Crippen LogP contribution in [0.25, 0.3) is 11.9 Å². The summed E-state index contributed by atoms with van der Waals surface area (Å²) >= 11 is 0. The van der Waals surface area contributed by atoms with Crippen molar-refractivity contribution in [1.82, 2.24) is 9.88 Å². The van der Waals surface area contributed by atoms with Gasteiger partial charge in [0.05, 0.1) is 25.6 Å². The average molecular weight is 411 g/mol. The van der Waals surface area contributed by atoms with E-state index < -0.39 is 0 Å². The van der Waals surface area contributed by atoms with E-state index in [0.717, 1.165) is 60.3 Å². The van der Waals surface area contributed by atoms with Gasteiger partial charge in [-0.25, -0.2) is 4.99 Å². The number of unbranched alkanes of at least 4 members (excludes halogenated alkanes) is 2. The standard InChI is InChI=1S/C24H34N4O2/c1-3-4-7-13-26-24-23-19(8-5-6-9-22(25)27-24)12-14-28(23)16-20-11-10-18(17-29)15-21(20)30-2/h8,10-12,14-15,26,29H,3-7,9,13,16-17H2,1-2H3,(H2,25,27)/b19-8-,24-23+. The molecule has 4 N–H and O–H groups in total. The Kier molecular flexibility index (Phi) is 7.97. The molecule has 6 nitrogen and oxygen atoms in total. The average Bonchev–Trinajstić information content (AvgIpc) is 3.17. The number of amidine groups is 1. The third-order valence-electron chi connectivity index (χ3n) is 5.42. The second kappa shape index (κ2) is 10.9. The molecule has 0 saturated carbocycles. The lowest BCUT2D eigenvalue weighted by Crippen LogP contribution is -2.36. The van der Waals surface area contributed by atoms with Gasteiger partial charge in [-0.05, 0) is 42.2 Å². The molecule has 1 aromatic heterocycles. The first-order chi connectivity index (χ1) is 14.7. The normalized spacial score (nSPS) is 18.8. The van der Waals surface area contributed by atoms with E-state index >= 15 is 0 Å². The largest absolute Gasteiger partial charge is 0.496 e. The maximum atomic E-state index is 9.42. The van der Waals surface area contributed by atoms with Crippen molar-refractivity contribution in [2.75, 3.05) is 13.7 Å². The summed E-state index contributed by atoms with van der Waals surface area (Å²) in [6.07, 6.45) is 10.6. The molecule has 6 heteroatoms. The molecule has 0 bridgehead atoms. The van der Waals surface area contributed by atoms with E-state index in [1.54, 1.807) is 7.11 Å². The zero-order valence-corrected chi connectivity index (χ0v) is 18.2. The molecule has 2 aromatic rings. The number of fused-ring (bicyclic) bond motifs is 1. The Hall–Kier alpha value is -2.73. The fraction of sp³-hybridized carbons (Fsp3) is 0.458.